The molecule has 7 heteroatoms. The van der Waals surface area contributed by atoms with E-state index in [0.29, 0.717) is 25.4 Å². The minimum absolute atomic E-state index is 0.0531. The Labute approximate surface area is 146 Å². The lowest BCUT2D eigenvalue weighted by Gasteiger charge is -2.36. The predicted octanol–water partition coefficient (Wildman–Crippen LogP) is 1.22. The van der Waals surface area contributed by atoms with Crippen LogP contribution in [0.2, 0.25) is 0 Å². The minimum Gasteiger partial charge on any atom is -0.390 e. The molecule has 4 rings (SSSR count). The lowest BCUT2D eigenvalue weighted by molar-refractivity contribution is -0.137. The number of likely N-dealkylation sites (tertiary alicyclic amines) is 1. The molecule has 1 aliphatic heterocycles. The van der Waals surface area contributed by atoms with E-state index in [0.717, 1.165) is 31.2 Å². The molecule has 2 aromatic rings. The van der Waals surface area contributed by atoms with Gasteiger partial charge in [0.05, 0.1) is 5.60 Å². The van der Waals surface area contributed by atoms with Crippen LogP contribution in [-0.4, -0.2) is 54.8 Å². The van der Waals surface area contributed by atoms with E-state index in [9.17, 15) is 9.90 Å². The molecule has 1 saturated carbocycles. The number of nitrogens with zero attached hydrogens (tertiary/aromatic N) is 5. The Morgan fingerprint density at radius 1 is 1.24 bits per heavy atom. The highest BCUT2D eigenvalue weighted by Crippen LogP contribution is 2.46. The zero-order valence-corrected chi connectivity index (χ0v) is 14.2. The van der Waals surface area contributed by atoms with E-state index in [4.69, 9.17) is 0 Å². The zero-order valence-electron chi connectivity index (χ0n) is 14.2. The van der Waals surface area contributed by atoms with Crippen molar-refractivity contribution in [3.8, 4) is 0 Å². The van der Waals surface area contributed by atoms with Gasteiger partial charge in [-0.2, -0.15) is 0 Å². The Bertz CT molecular complexity index is 706. The third kappa shape index (κ3) is 3.42. The Balaban J connectivity index is 1.46. The number of carbonyl (C=O) groups excluding carboxylic acids is 1. The number of hydrogen-bond acceptors (Lipinski definition) is 5. The van der Waals surface area contributed by atoms with Crippen molar-refractivity contribution in [2.24, 2.45) is 5.92 Å². The fourth-order valence-electron chi connectivity index (χ4n) is 3.83. The summed E-state index contributed by atoms with van der Waals surface area (Å²) in [6.07, 6.45) is 5.63. The highest BCUT2D eigenvalue weighted by Gasteiger charge is 2.48. The van der Waals surface area contributed by atoms with Gasteiger partial charge in [-0.05, 0) is 47.6 Å². The molecule has 2 heterocycles. The number of piperidine rings is 1. The number of benzene rings is 1. The van der Waals surface area contributed by atoms with Crippen molar-refractivity contribution in [3.63, 3.8) is 0 Å². The first-order valence-electron chi connectivity index (χ1n) is 8.93. The van der Waals surface area contributed by atoms with Crippen LogP contribution in [0.5, 0.6) is 0 Å². The lowest BCUT2D eigenvalue weighted by atomic mass is 9.89. The first kappa shape index (κ1) is 16.2. The Morgan fingerprint density at radius 2 is 1.96 bits per heavy atom. The maximum absolute atomic E-state index is 13.1. The van der Waals surface area contributed by atoms with E-state index in [-0.39, 0.29) is 5.91 Å². The molecule has 0 radical (unpaired) electrons. The molecule has 1 atom stereocenters. The number of hydrogen-bond donors (Lipinski definition) is 1. The minimum atomic E-state index is -0.450. The molecule has 1 aliphatic carbocycles. The first-order chi connectivity index (χ1) is 12.2. The van der Waals surface area contributed by atoms with E-state index in [1.54, 1.807) is 4.68 Å². The second kappa shape index (κ2) is 6.55. The van der Waals surface area contributed by atoms with E-state index in [1.165, 1.54) is 6.33 Å². The molecule has 1 amide bonds. The van der Waals surface area contributed by atoms with Crippen molar-refractivity contribution in [1.29, 1.82) is 0 Å². The molecule has 1 aromatic carbocycles. The molecule has 2 fully saturated rings. The van der Waals surface area contributed by atoms with Gasteiger partial charge in [0.1, 0.15) is 12.4 Å². The topological polar surface area (TPSA) is 84.1 Å². The second-order valence-corrected chi connectivity index (χ2v) is 7.20. The summed E-state index contributed by atoms with van der Waals surface area (Å²) < 4.78 is 1.55. The van der Waals surface area contributed by atoms with Crippen LogP contribution in [0.4, 0.5) is 0 Å². The van der Waals surface area contributed by atoms with E-state index in [2.05, 4.69) is 15.5 Å². The lowest BCUT2D eigenvalue weighted by Crippen LogP contribution is -2.45. The number of rotatable bonds is 5. The van der Waals surface area contributed by atoms with Crippen LogP contribution in [0.1, 0.15) is 37.3 Å². The van der Waals surface area contributed by atoms with Gasteiger partial charge in [-0.15, -0.1) is 5.10 Å². The van der Waals surface area contributed by atoms with Gasteiger partial charge in [0.15, 0.2) is 0 Å². The average Bonchev–Trinajstić information content (AvgIpc) is 3.19. The maximum Gasteiger partial charge on any atom is 0.247 e. The highest BCUT2D eigenvalue weighted by atomic mass is 16.3. The Morgan fingerprint density at radius 3 is 2.56 bits per heavy atom. The van der Waals surface area contributed by atoms with Crippen molar-refractivity contribution in [3.05, 3.63) is 42.2 Å². The smallest absolute Gasteiger partial charge is 0.247 e. The standard InChI is InChI=1S/C18H23N5O2/c24-17(22-10-6-15(7-11-22)18(25)8-9-18)16(23-13-19-20-21-23)12-14-4-2-1-3-5-14/h1-5,13,15-16,25H,6-12H2. The van der Waals surface area contributed by atoms with Crippen molar-refractivity contribution >= 4 is 5.91 Å². The second-order valence-electron chi connectivity index (χ2n) is 7.20. The third-order valence-electron chi connectivity index (χ3n) is 5.57. The molecule has 1 saturated heterocycles. The number of carbonyl (C=O) groups is 1. The van der Waals surface area contributed by atoms with Gasteiger partial charge >= 0.3 is 0 Å². The van der Waals surface area contributed by atoms with Crippen molar-refractivity contribution in [1.82, 2.24) is 25.1 Å². The van der Waals surface area contributed by atoms with Gasteiger partial charge in [0, 0.05) is 19.5 Å². The predicted molar refractivity (Wildman–Crippen MR) is 90.5 cm³/mol. The number of tetrazole rings is 1. The van der Waals surface area contributed by atoms with Crippen molar-refractivity contribution < 1.29 is 9.90 Å². The fraction of sp³-hybridized carbons (Fsp3) is 0.556. The van der Waals surface area contributed by atoms with Gasteiger partial charge in [0.25, 0.3) is 0 Å². The molecule has 2 aliphatic rings. The van der Waals surface area contributed by atoms with Crippen LogP contribution in [0.15, 0.2) is 36.7 Å². The SMILES string of the molecule is O=C(C(Cc1ccccc1)n1cnnn1)N1CCC(C2(O)CC2)CC1. The summed E-state index contributed by atoms with van der Waals surface area (Å²) in [5.41, 5.74) is 0.632. The highest BCUT2D eigenvalue weighted by molar-refractivity contribution is 5.80. The summed E-state index contributed by atoms with van der Waals surface area (Å²) in [5, 5.41) is 21.6. The van der Waals surface area contributed by atoms with E-state index in [1.807, 2.05) is 35.2 Å². The van der Waals surface area contributed by atoms with Crippen LogP contribution < -0.4 is 0 Å². The van der Waals surface area contributed by atoms with Crippen molar-refractivity contribution in [2.75, 3.05) is 13.1 Å². The fourth-order valence-corrected chi connectivity index (χ4v) is 3.83. The normalized spacial score (nSPS) is 21.1. The molecule has 0 bridgehead atoms. The zero-order chi connectivity index (χ0) is 17.3. The largest absolute Gasteiger partial charge is 0.390 e. The third-order valence-corrected chi connectivity index (χ3v) is 5.57. The number of aliphatic hydroxyl groups is 1. The Kier molecular flexibility index (Phi) is 4.25. The number of aromatic nitrogens is 4. The Hall–Kier alpha value is -2.28. The quantitative estimate of drug-likeness (QED) is 0.884. The molecule has 1 N–H and O–H groups in total. The van der Waals surface area contributed by atoms with E-state index < -0.39 is 11.6 Å². The summed E-state index contributed by atoms with van der Waals surface area (Å²) in [5.74, 6) is 0.384. The van der Waals surface area contributed by atoms with Crippen LogP contribution in [-0.2, 0) is 11.2 Å². The first-order valence-corrected chi connectivity index (χ1v) is 8.93. The van der Waals surface area contributed by atoms with Crippen LogP contribution >= 0.6 is 0 Å². The van der Waals surface area contributed by atoms with Crippen LogP contribution in [0.3, 0.4) is 0 Å². The maximum atomic E-state index is 13.1. The monoisotopic (exact) mass is 341 g/mol. The van der Waals surface area contributed by atoms with Crippen LogP contribution in [0.25, 0.3) is 0 Å². The van der Waals surface area contributed by atoms with Crippen molar-refractivity contribution in [2.45, 2.75) is 43.7 Å². The summed E-state index contributed by atoms with van der Waals surface area (Å²) in [7, 11) is 0. The molecule has 1 aromatic heterocycles. The molecule has 132 valence electrons. The molecule has 25 heavy (non-hydrogen) atoms. The van der Waals surface area contributed by atoms with Crippen LogP contribution in [0, 0.1) is 5.92 Å². The number of amides is 1. The average molecular weight is 341 g/mol. The summed E-state index contributed by atoms with van der Waals surface area (Å²) in [6, 6.07) is 9.50. The molecular weight excluding hydrogens is 318 g/mol. The summed E-state index contributed by atoms with van der Waals surface area (Å²) >= 11 is 0. The van der Waals surface area contributed by atoms with Gasteiger partial charge in [-0.3, -0.25) is 4.79 Å². The molecule has 0 spiro atoms. The molecule has 1 unspecified atom stereocenters. The molecule has 7 nitrogen and oxygen atoms in total. The van der Waals surface area contributed by atoms with E-state index >= 15 is 0 Å². The van der Waals surface area contributed by atoms with Gasteiger partial charge < -0.3 is 10.0 Å². The summed E-state index contributed by atoms with van der Waals surface area (Å²) in [6.45, 7) is 1.39. The molecular formula is C18H23N5O2. The van der Waals surface area contributed by atoms with Gasteiger partial charge in [0.2, 0.25) is 5.91 Å². The van der Waals surface area contributed by atoms with Gasteiger partial charge in [-0.1, -0.05) is 30.3 Å². The van der Waals surface area contributed by atoms with Gasteiger partial charge in [-0.25, -0.2) is 4.68 Å². The summed E-state index contributed by atoms with van der Waals surface area (Å²) in [4.78, 5) is 15.0.